The monoisotopic (exact) mass is 465 g/mol. The average molecular weight is 466 g/mol. The molecule has 34 heavy (non-hydrogen) atoms. The largest absolute Gasteiger partial charge is 0.480 e. The van der Waals surface area contributed by atoms with E-state index in [4.69, 9.17) is 4.74 Å². The summed E-state index contributed by atoms with van der Waals surface area (Å²) in [5.41, 5.74) is 3.15. The molecule has 3 amide bonds. The molecule has 4 rings (SSSR count). The molecule has 178 valence electrons. The number of hydrogen-bond acceptors (Lipinski definition) is 5. The maximum Gasteiger partial charge on any atom is 0.407 e. The minimum atomic E-state index is -1.26. The van der Waals surface area contributed by atoms with E-state index in [2.05, 4.69) is 10.6 Å². The van der Waals surface area contributed by atoms with Crippen molar-refractivity contribution in [1.29, 1.82) is 0 Å². The Morgan fingerprint density at radius 3 is 2.24 bits per heavy atom. The van der Waals surface area contributed by atoms with Crippen molar-refractivity contribution in [2.75, 3.05) is 26.2 Å². The maximum absolute atomic E-state index is 12.4. The number of rotatable bonds is 7. The zero-order valence-electron chi connectivity index (χ0n) is 18.9. The fourth-order valence-corrected chi connectivity index (χ4v) is 4.72. The molecule has 0 saturated carbocycles. The van der Waals surface area contributed by atoms with Gasteiger partial charge in [-0.25, -0.2) is 9.59 Å². The molecule has 1 fully saturated rings. The lowest BCUT2D eigenvalue weighted by Gasteiger charge is -2.31. The summed E-state index contributed by atoms with van der Waals surface area (Å²) in [7, 11) is 0. The number of amides is 3. The smallest absolute Gasteiger partial charge is 0.407 e. The van der Waals surface area contributed by atoms with Crippen LogP contribution in [0, 0.1) is 0 Å². The summed E-state index contributed by atoms with van der Waals surface area (Å²) in [4.78, 5) is 49.4. The zero-order valence-corrected chi connectivity index (χ0v) is 18.9. The SMILES string of the molecule is C[C@]1(C(=O)O)CCCN1C(=O)CNC(=O)CNC(=O)OCC1c2ccccc2-c2ccccc21. The first kappa shape index (κ1) is 23.3. The van der Waals surface area contributed by atoms with Gasteiger partial charge in [0.15, 0.2) is 0 Å². The molecular weight excluding hydrogens is 438 g/mol. The highest BCUT2D eigenvalue weighted by Crippen LogP contribution is 2.44. The number of carboxylic acids is 1. The van der Waals surface area contributed by atoms with E-state index in [1.54, 1.807) is 0 Å². The third-order valence-corrected chi connectivity index (χ3v) is 6.58. The van der Waals surface area contributed by atoms with Gasteiger partial charge in [-0.1, -0.05) is 48.5 Å². The van der Waals surface area contributed by atoms with Crippen LogP contribution >= 0.6 is 0 Å². The van der Waals surface area contributed by atoms with E-state index >= 15 is 0 Å². The number of fused-ring (bicyclic) bond motifs is 3. The van der Waals surface area contributed by atoms with E-state index in [9.17, 15) is 24.3 Å². The second-order valence-electron chi connectivity index (χ2n) is 8.68. The Hall–Kier alpha value is -3.88. The van der Waals surface area contributed by atoms with Gasteiger partial charge in [0.1, 0.15) is 18.7 Å². The van der Waals surface area contributed by atoms with Crippen molar-refractivity contribution in [3.63, 3.8) is 0 Å². The van der Waals surface area contributed by atoms with Crippen LogP contribution in [-0.4, -0.2) is 65.7 Å². The highest BCUT2D eigenvalue weighted by atomic mass is 16.5. The van der Waals surface area contributed by atoms with E-state index in [1.165, 1.54) is 11.8 Å². The molecule has 1 atom stereocenters. The van der Waals surface area contributed by atoms with Crippen molar-refractivity contribution in [1.82, 2.24) is 15.5 Å². The predicted molar refractivity (Wildman–Crippen MR) is 123 cm³/mol. The number of nitrogens with zero attached hydrogens (tertiary/aromatic N) is 1. The molecule has 0 spiro atoms. The van der Waals surface area contributed by atoms with Crippen LogP contribution in [0.1, 0.15) is 36.8 Å². The number of benzene rings is 2. The molecule has 0 unspecified atom stereocenters. The molecule has 1 aliphatic heterocycles. The number of carbonyl (C=O) groups is 4. The number of likely N-dealkylation sites (tertiary alicyclic amines) is 1. The predicted octanol–water partition coefficient (Wildman–Crippen LogP) is 2.11. The number of alkyl carbamates (subject to hydrolysis) is 1. The maximum atomic E-state index is 12.4. The molecule has 9 nitrogen and oxygen atoms in total. The molecular formula is C25H27N3O6. The van der Waals surface area contributed by atoms with Crippen LogP contribution in [0.2, 0.25) is 0 Å². The fraction of sp³-hybridized carbons (Fsp3) is 0.360. The zero-order chi connectivity index (χ0) is 24.3. The lowest BCUT2D eigenvalue weighted by atomic mass is 9.98. The average Bonchev–Trinajstić information content (AvgIpc) is 3.39. The Balaban J connectivity index is 1.24. The van der Waals surface area contributed by atoms with Gasteiger partial charge in [-0.15, -0.1) is 0 Å². The van der Waals surface area contributed by atoms with Gasteiger partial charge in [0.25, 0.3) is 0 Å². The van der Waals surface area contributed by atoms with Crippen LogP contribution in [0.15, 0.2) is 48.5 Å². The summed E-state index contributed by atoms with van der Waals surface area (Å²) in [5, 5.41) is 14.2. The van der Waals surface area contributed by atoms with E-state index in [0.29, 0.717) is 19.4 Å². The number of ether oxygens (including phenoxy) is 1. The van der Waals surface area contributed by atoms with Gasteiger partial charge < -0.3 is 25.4 Å². The first-order chi connectivity index (χ1) is 16.3. The summed E-state index contributed by atoms with van der Waals surface area (Å²) >= 11 is 0. The molecule has 1 saturated heterocycles. The van der Waals surface area contributed by atoms with Crippen LogP contribution in [0.25, 0.3) is 11.1 Å². The Bertz CT molecular complexity index is 1090. The molecule has 2 aromatic rings. The first-order valence-electron chi connectivity index (χ1n) is 11.2. The Labute approximate surface area is 197 Å². The number of carboxylic acid groups (broad SMARTS) is 1. The van der Waals surface area contributed by atoms with Crippen LogP contribution in [0.3, 0.4) is 0 Å². The molecule has 3 N–H and O–H groups in total. The van der Waals surface area contributed by atoms with E-state index in [0.717, 1.165) is 22.3 Å². The lowest BCUT2D eigenvalue weighted by molar-refractivity contribution is -0.155. The van der Waals surface area contributed by atoms with Gasteiger partial charge in [0, 0.05) is 12.5 Å². The first-order valence-corrected chi connectivity index (χ1v) is 11.2. The van der Waals surface area contributed by atoms with Crippen molar-refractivity contribution in [3.8, 4) is 11.1 Å². The molecule has 9 heteroatoms. The van der Waals surface area contributed by atoms with Gasteiger partial charge in [0.2, 0.25) is 11.8 Å². The number of nitrogens with one attached hydrogen (secondary N) is 2. The van der Waals surface area contributed by atoms with Gasteiger partial charge in [-0.3, -0.25) is 9.59 Å². The van der Waals surface area contributed by atoms with Crippen molar-refractivity contribution >= 4 is 23.9 Å². The Kier molecular flexibility index (Phi) is 6.54. The summed E-state index contributed by atoms with van der Waals surface area (Å²) in [6.07, 6.45) is 0.221. The van der Waals surface area contributed by atoms with Gasteiger partial charge in [-0.2, -0.15) is 0 Å². The minimum absolute atomic E-state index is 0.0893. The fourth-order valence-electron chi connectivity index (χ4n) is 4.72. The summed E-state index contributed by atoms with van der Waals surface area (Å²) < 4.78 is 5.38. The third kappa shape index (κ3) is 4.46. The molecule has 0 radical (unpaired) electrons. The molecule has 1 aliphatic carbocycles. The van der Waals surface area contributed by atoms with Crippen LogP contribution in [0.4, 0.5) is 4.79 Å². The van der Waals surface area contributed by atoms with Gasteiger partial charge in [0.05, 0.1) is 6.54 Å². The third-order valence-electron chi connectivity index (χ3n) is 6.58. The Morgan fingerprint density at radius 1 is 1.00 bits per heavy atom. The van der Waals surface area contributed by atoms with E-state index in [-0.39, 0.29) is 25.6 Å². The summed E-state index contributed by atoms with van der Waals surface area (Å²) in [5.74, 6) is -2.20. The van der Waals surface area contributed by atoms with Crippen molar-refractivity contribution in [2.45, 2.75) is 31.2 Å². The van der Waals surface area contributed by atoms with Crippen LogP contribution < -0.4 is 10.6 Å². The van der Waals surface area contributed by atoms with Crippen molar-refractivity contribution in [3.05, 3.63) is 59.7 Å². The summed E-state index contributed by atoms with van der Waals surface area (Å²) in [6.45, 7) is 1.26. The van der Waals surface area contributed by atoms with Crippen LogP contribution in [0.5, 0.6) is 0 Å². The molecule has 1 heterocycles. The van der Waals surface area contributed by atoms with Crippen molar-refractivity contribution < 1.29 is 29.0 Å². The Morgan fingerprint density at radius 2 is 1.62 bits per heavy atom. The van der Waals surface area contributed by atoms with E-state index in [1.807, 2.05) is 48.5 Å². The minimum Gasteiger partial charge on any atom is -0.480 e. The number of aliphatic carboxylic acids is 1. The molecule has 0 bridgehead atoms. The highest BCUT2D eigenvalue weighted by Gasteiger charge is 2.45. The quantitative estimate of drug-likeness (QED) is 0.575. The second-order valence-corrected chi connectivity index (χ2v) is 8.68. The standard InChI is InChI=1S/C25H27N3O6/c1-25(23(31)32)11-6-12-28(25)22(30)14-26-21(29)13-27-24(33)34-15-20-18-9-4-2-7-16(18)17-8-3-5-10-19(17)20/h2-5,7-10,20H,6,11-15H2,1H3,(H,26,29)(H,27,33)(H,31,32)/t25-/m1/s1. The topological polar surface area (TPSA) is 125 Å². The van der Waals surface area contributed by atoms with E-state index < -0.39 is 29.4 Å². The molecule has 2 aliphatic rings. The lowest BCUT2D eigenvalue weighted by Crippen LogP contribution is -2.53. The van der Waals surface area contributed by atoms with Gasteiger partial charge >= 0.3 is 12.1 Å². The van der Waals surface area contributed by atoms with Crippen molar-refractivity contribution in [2.24, 2.45) is 0 Å². The van der Waals surface area contributed by atoms with Gasteiger partial charge in [-0.05, 0) is 42.0 Å². The summed E-state index contributed by atoms with van der Waals surface area (Å²) in [6, 6.07) is 16.0. The molecule has 0 aromatic heterocycles. The number of carbonyl (C=O) groups excluding carboxylic acids is 3. The normalized spacial score (nSPS) is 18.7. The second kappa shape index (κ2) is 9.54. The molecule has 2 aromatic carbocycles. The van der Waals surface area contributed by atoms with Crippen LogP contribution in [-0.2, 0) is 19.1 Å². The highest BCUT2D eigenvalue weighted by molar-refractivity contribution is 5.91. The number of hydrogen-bond donors (Lipinski definition) is 3.